The van der Waals surface area contributed by atoms with Crippen LogP contribution in [0.4, 0.5) is 8.78 Å². The van der Waals surface area contributed by atoms with Crippen molar-refractivity contribution in [3.63, 3.8) is 0 Å². The lowest BCUT2D eigenvalue weighted by molar-refractivity contribution is -0.143. The molecule has 0 aromatic heterocycles. The third-order valence-electron chi connectivity index (χ3n) is 2.84. The van der Waals surface area contributed by atoms with E-state index in [1.807, 2.05) is 13.8 Å². The van der Waals surface area contributed by atoms with Gasteiger partial charge in [-0.05, 0) is 38.4 Å². The van der Waals surface area contributed by atoms with Crippen molar-refractivity contribution in [2.45, 2.75) is 76.9 Å². The quantitative estimate of drug-likeness (QED) is 0.372. The smallest absolute Gasteiger partial charge is 0.319 e. The molecular weight excluding hydrogens is 282 g/mol. The Morgan fingerprint density at radius 1 is 1.20 bits per heavy atom. The van der Waals surface area contributed by atoms with Gasteiger partial charge < -0.3 is 4.74 Å². The van der Waals surface area contributed by atoms with E-state index in [0.29, 0.717) is 13.0 Å². The lowest BCUT2D eigenvalue weighted by Gasteiger charge is -2.15. The number of thioether (sulfide) groups is 1. The van der Waals surface area contributed by atoms with Crippen LogP contribution in [0.25, 0.3) is 0 Å². The first-order chi connectivity index (χ1) is 9.40. The Kier molecular flexibility index (Phi) is 11.2. The van der Waals surface area contributed by atoms with Crippen molar-refractivity contribution in [3.05, 3.63) is 0 Å². The van der Waals surface area contributed by atoms with Gasteiger partial charge in [0.1, 0.15) is 5.25 Å². The molecule has 1 atom stereocenters. The average Bonchev–Trinajstić information content (AvgIpc) is 2.37. The predicted octanol–water partition coefficient (Wildman–Crippen LogP) is 5.06. The maximum absolute atomic E-state index is 12.6. The summed E-state index contributed by atoms with van der Waals surface area (Å²) >= 11 is 1.60. The molecule has 120 valence electrons. The maximum atomic E-state index is 12.6. The number of alkyl halides is 2. The van der Waals surface area contributed by atoms with Crippen molar-refractivity contribution in [2.75, 3.05) is 12.4 Å². The molecule has 0 aliphatic heterocycles. The fourth-order valence-corrected chi connectivity index (χ4v) is 3.03. The first kappa shape index (κ1) is 19.7. The van der Waals surface area contributed by atoms with E-state index in [-0.39, 0.29) is 17.6 Å². The molecule has 0 aliphatic rings. The molecule has 0 rings (SSSR count). The topological polar surface area (TPSA) is 26.3 Å². The minimum Gasteiger partial charge on any atom is -0.465 e. The van der Waals surface area contributed by atoms with Crippen molar-refractivity contribution in [3.8, 4) is 0 Å². The zero-order valence-electron chi connectivity index (χ0n) is 12.9. The van der Waals surface area contributed by atoms with Crippen LogP contribution in [0, 0.1) is 0 Å². The zero-order chi connectivity index (χ0) is 15.4. The van der Waals surface area contributed by atoms with Gasteiger partial charge in [0.25, 0.3) is 0 Å². The van der Waals surface area contributed by atoms with Crippen LogP contribution in [-0.2, 0) is 9.53 Å². The Bertz CT molecular complexity index is 255. The number of ether oxygens (including phenoxy) is 1. The zero-order valence-corrected chi connectivity index (χ0v) is 13.7. The van der Waals surface area contributed by atoms with Crippen LogP contribution < -0.4 is 0 Å². The molecule has 2 nitrogen and oxygen atoms in total. The van der Waals surface area contributed by atoms with Crippen molar-refractivity contribution < 1.29 is 18.3 Å². The van der Waals surface area contributed by atoms with E-state index in [1.54, 1.807) is 11.8 Å². The molecule has 0 bridgehead atoms. The number of hydrogen-bond acceptors (Lipinski definition) is 3. The summed E-state index contributed by atoms with van der Waals surface area (Å²) in [7, 11) is 0. The molecule has 0 aliphatic carbocycles. The van der Waals surface area contributed by atoms with Crippen molar-refractivity contribution >= 4 is 17.7 Å². The molecule has 20 heavy (non-hydrogen) atoms. The number of unbranched alkanes of at least 4 members (excludes halogenated alkanes) is 2. The molecule has 0 radical (unpaired) electrons. The standard InChI is InChI=1S/C15H28F2O2S/c1-4-9-13(14(18)19-11-5-2)20-12-8-6-7-10-15(3,16)17/h13H,4-12H2,1-3H3. The lowest BCUT2D eigenvalue weighted by Crippen LogP contribution is -2.21. The van der Waals surface area contributed by atoms with Gasteiger partial charge in [0, 0.05) is 6.42 Å². The number of esters is 1. The van der Waals surface area contributed by atoms with Gasteiger partial charge in [0.15, 0.2) is 0 Å². The van der Waals surface area contributed by atoms with E-state index in [9.17, 15) is 13.6 Å². The second-order valence-corrected chi connectivity index (χ2v) is 6.51. The molecule has 0 heterocycles. The van der Waals surface area contributed by atoms with E-state index in [1.165, 1.54) is 0 Å². The summed E-state index contributed by atoms with van der Waals surface area (Å²) in [4.78, 5) is 11.8. The molecule has 0 saturated heterocycles. The summed E-state index contributed by atoms with van der Waals surface area (Å²) in [6.07, 6.45) is 4.76. The summed E-state index contributed by atoms with van der Waals surface area (Å²) in [6, 6.07) is 0. The highest BCUT2D eigenvalue weighted by molar-refractivity contribution is 8.00. The maximum Gasteiger partial charge on any atom is 0.319 e. The van der Waals surface area contributed by atoms with E-state index in [4.69, 9.17) is 4.74 Å². The average molecular weight is 310 g/mol. The highest BCUT2D eigenvalue weighted by Crippen LogP contribution is 2.23. The van der Waals surface area contributed by atoms with Gasteiger partial charge in [-0.2, -0.15) is 0 Å². The van der Waals surface area contributed by atoms with Crippen molar-refractivity contribution in [1.29, 1.82) is 0 Å². The molecule has 0 aromatic rings. The fourth-order valence-electron chi connectivity index (χ4n) is 1.77. The van der Waals surface area contributed by atoms with Gasteiger partial charge in [-0.25, -0.2) is 8.78 Å². The Balaban J connectivity index is 3.77. The van der Waals surface area contributed by atoms with Crippen molar-refractivity contribution in [1.82, 2.24) is 0 Å². The van der Waals surface area contributed by atoms with Crippen molar-refractivity contribution in [2.24, 2.45) is 0 Å². The monoisotopic (exact) mass is 310 g/mol. The van der Waals surface area contributed by atoms with Gasteiger partial charge in [-0.1, -0.05) is 26.7 Å². The minimum absolute atomic E-state index is 0.0470. The van der Waals surface area contributed by atoms with Gasteiger partial charge in [0.05, 0.1) is 6.61 Å². The van der Waals surface area contributed by atoms with E-state index < -0.39 is 5.92 Å². The van der Waals surface area contributed by atoms with Crippen LogP contribution in [0.1, 0.15) is 65.7 Å². The summed E-state index contributed by atoms with van der Waals surface area (Å²) in [6.45, 7) is 5.46. The normalized spacial score (nSPS) is 13.2. The minimum atomic E-state index is -2.55. The van der Waals surface area contributed by atoms with E-state index in [0.717, 1.165) is 44.8 Å². The van der Waals surface area contributed by atoms with Crippen LogP contribution in [0.15, 0.2) is 0 Å². The molecule has 1 unspecified atom stereocenters. The molecule has 0 spiro atoms. The van der Waals surface area contributed by atoms with Crippen LogP contribution in [-0.4, -0.2) is 29.5 Å². The molecule has 5 heteroatoms. The SMILES string of the molecule is CCCOC(=O)C(CCC)SCCCCCC(C)(F)F. The lowest BCUT2D eigenvalue weighted by atomic mass is 10.1. The summed E-state index contributed by atoms with van der Waals surface area (Å²) in [5.74, 6) is -1.85. The van der Waals surface area contributed by atoms with Gasteiger partial charge in [-0.15, -0.1) is 11.8 Å². The summed E-state index contributed by atoms with van der Waals surface area (Å²) in [5.41, 5.74) is 0. The number of rotatable bonds is 12. The van der Waals surface area contributed by atoms with E-state index >= 15 is 0 Å². The third kappa shape index (κ3) is 11.5. The molecule has 0 aromatic carbocycles. The largest absolute Gasteiger partial charge is 0.465 e. The predicted molar refractivity (Wildman–Crippen MR) is 81.5 cm³/mol. The molecule has 0 saturated carbocycles. The van der Waals surface area contributed by atoms with Crippen LogP contribution in [0.5, 0.6) is 0 Å². The molecule has 0 N–H and O–H groups in total. The Morgan fingerprint density at radius 2 is 1.90 bits per heavy atom. The highest BCUT2D eigenvalue weighted by atomic mass is 32.2. The summed E-state index contributed by atoms with van der Waals surface area (Å²) < 4.78 is 30.4. The summed E-state index contributed by atoms with van der Waals surface area (Å²) in [5, 5.41) is -0.0980. The van der Waals surface area contributed by atoms with Crippen LogP contribution in [0.2, 0.25) is 0 Å². The first-order valence-corrected chi connectivity index (χ1v) is 8.61. The first-order valence-electron chi connectivity index (χ1n) is 7.56. The second kappa shape index (κ2) is 11.4. The Hall–Kier alpha value is -0.320. The second-order valence-electron chi connectivity index (χ2n) is 5.20. The highest BCUT2D eigenvalue weighted by Gasteiger charge is 2.20. The van der Waals surface area contributed by atoms with Gasteiger partial charge in [-0.3, -0.25) is 4.79 Å². The van der Waals surface area contributed by atoms with E-state index in [2.05, 4.69) is 0 Å². The molecule has 0 amide bonds. The number of hydrogen-bond donors (Lipinski definition) is 0. The molecular formula is C15H28F2O2S. The van der Waals surface area contributed by atoms with Crippen LogP contribution in [0.3, 0.4) is 0 Å². The Labute approximate surface area is 126 Å². The number of carbonyl (C=O) groups excluding carboxylic acids is 1. The fraction of sp³-hybridized carbons (Fsp3) is 0.933. The molecule has 0 fully saturated rings. The van der Waals surface area contributed by atoms with Gasteiger partial charge in [0.2, 0.25) is 5.92 Å². The third-order valence-corrected chi connectivity index (χ3v) is 4.20. The number of halogens is 2. The Morgan fingerprint density at radius 3 is 2.45 bits per heavy atom. The number of carbonyl (C=O) groups is 1. The van der Waals surface area contributed by atoms with Gasteiger partial charge >= 0.3 is 5.97 Å². The van der Waals surface area contributed by atoms with Crippen LogP contribution >= 0.6 is 11.8 Å².